The summed E-state index contributed by atoms with van der Waals surface area (Å²) in [5.41, 5.74) is 0.408. The van der Waals surface area contributed by atoms with Gasteiger partial charge in [-0.15, -0.1) is 0 Å². The summed E-state index contributed by atoms with van der Waals surface area (Å²) >= 11 is 0. The van der Waals surface area contributed by atoms with E-state index in [0.29, 0.717) is 31.9 Å². The lowest BCUT2D eigenvalue weighted by molar-refractivity contribution is -0.180. The molecule has 0 N–H and O–H groups in total. The predicted molar refractivity (Wildman–Crippen MR) is 147 cm³/mol. The van der Waals surface area contributed by atoms with Gasteiger partial charge in [-0.1, -0.05) is 91.0 Å². The number of likely N-dealkylation sites (tertiary alicyclic amines) is 1. The van der Waals surface area contributed by atoms with Crippen LogP contribution in [0.1, 0.15) is 23.6 Å². The van der Waals surface area contributed by atoms with Crippen molar-refractivity contribution in [3.63, 3.8) is 0 Å². The van der Waals surface area contributed by atoms with Crippen LogP contribution in [0.4, 0.5) is 0 Å². The van der Waals surface area contributed by atoms with Gasteiger partial charge in [0, 0.05) is 37.8 Å². The second-order valence-electron chi connectivity index (χ2n) is 10.3. The van der Waals surface area contributed by atoms with Crippen LogP contribution in [0.3, 0.4) is 0 Å². The van der Waals surface area contributed by atoms with E-state index in [9.17, 15) is 9.59 Å². The molecule has 2 aliphatic rings. The molecule has 0 aromatic heterocycles. The van der Waals surface area contributed by atoms with Crippen LogP contribution in [0.15, 0.2) is 97.1 Å². The van der Waals surface area contributed by atoms with Gasteiger partial charge in [-0.3, -0.25) is 9.69 Å². The topological polar surface area (TPSA) is 59.1 Å². The number of benzene rings is 3. The smallest absolute Gasteiger partial charge is 0.353 e. The Morgan fingerprint density at radius 3 is 2.16 bits per heavy atom. The molecule has 0 radical (unpaired) electrons. The average molecular weight is 511 g/mol. The molecule has 196 valence electrons. The highest BCUT2D eigenvalue weighted by Crippen LogP contribution is 2.50. The summed E-state index contributed by atoms with van der Waals surface area (Å²) in [4.78, 5) is 32.4. The maximum Gasteiger partial charge on any atom is 0.353 e. The minimum atomic E-state index is -1.47. The van der Waals surface area contributed by atoms with Crippen molar-refractivity contribution in [3.8, 4) is 0 Å². The van der Waals surface area contributed by atoms with Crippen LogP contribution in [0.2, 0.25) is 0 Å². The van der Waals surface area contributed by atoms with Crippen molar-refractivity contribution in [1.29, 1.82) is 0 Å². The number of allylic oxidation sites excluding steroid dienone is 1. The number of ether oxygens (including phenoxy) is 2. The number of ketones is 1. The number of hydrogen-bond acceptors (Lipinski definition) is 6. The molecule has 1 saturated heterocycles. The van der Waals surface area contributed by atoms with Gasteiger partial charge >= 0.3 is 5.97 Å². The quantitative estimate of drug-likeness (QED) is 0.394. The number of rotatable bonds is 9. The van der Waals surface area contributed by atoms with E-state index in [-0.39, 0.29) is 18.9 Å². The molecule has 0 bridgehead atoms. The van der Waals surface area contributed by atoms with Crippen molar-refractivity contribution < 1.29 is 19.1 Å². The highest BCUT2D eigenvalue weighted by atomic mass is 16.6. The number of hydrogen-bond donors (Lipinski definition) is 0. The number of fused-ring (bicyclic) bond motifs is 1. The first-order valence-electron chi connectivity index (χ1n) is 13.1. The zero-order valence-electron chi connectivity index (χ0n) is 22.0. The van der Waals surface area contributed by atoms with Gasteiger partial charge in [-0.05, 0) is 25.1 Å². The van der Waals surface area contributed by atoms with E-state index in [1.165, 1.54) is 0 Å². The van der Waals surface area contributed by atoms with E-state index in [2.05, 4.69) is 34.1 Å². The third kappa shape index (κ3) is 4.89. The Hall–Kier alpha value is -3.74. The van der Waals surface area contributed by atoms with Crippen molar-refractivity contribution >= 4 is 17.5 Å². The van der Waals surface area contributed by atoms with Gasteiger partial charge in [0.05, 0.1) is 13.2 Å². The standard InChI is InChI=1S/C32H34N2O4/c1-3-37-30(36)32-24-34(21-26-15-9-5-10-16-26)23-31(32,22-33(2)20-25-13-7-4-8-14-25)29(35)19-28(38-32)27-17-11-6-12-18-27/h4-19H,3,20-24H2,1-2H3. The van der Waals surface area contributed by atoms with E-state index >= 15 is 0 Å². The summed E-state index contributed by atoms with van der Waals surface area (Å²) in [6, 6.07) is 29.7. The molecule has 2 heterocycles. The lowest BCUT2D eigenvalue weighted by atomic mass is 9.68. The fourth-order valence-corrected chi connectivity index (χ4v) is 5.83. The number of carbonyl (C=O) groups excluding carboxylic acids is 2. The van der Waals surface area contributed by atoms with Gasteiger partial charge < -0.3 is 14.4 Å². The summed E-state index contributed by atoms with van der Waals surface area (Å²) in [6.07, 6.45) is 1.58. The molecule has 0 saturated carbocycles. The Kier molecular flexibility index (Phi) is 7.45. The Bertz CT molecular complexity index is 1290. The summed E-state index contributed by atoms with van der Waals surface area (Å²) < 4.78 is 12.3. The van der Waals surface area contributed by atoms with Crippen LogP contribution in [-0.4, -0.2) is 60.4 Å². The average Bonchev–Trinajstić information content (AvgIpc) is 3.25. The first-order valence-corrected chi connectivity index (χ1v) is 13.1. The Morgan fingerprint density at radius 2 is 1.53 bits per heavy atom. The molecule has 3 aromatic rings. The van der Waals surface area contributed by atoms with Gasteiger partial charge in [-0.25, -0.2) is 4.79 Å². The lowest BCUT2D eigenvalue weighted by Gasteiger charge is -2.45. The summed E-state index contributed by atoms with van der Waals surface area (Å²) in [6.45, 7) is 4.23. The van der Waals surface area contributed by atoms with E-state index in [1.807, 2.05) is 73.8 Å². The number of carbonyl (C=O) groups is 2. The normalized spacial score (nSPS) is 23.0. The van der Waals surface area contributed by atoms with Gasteiger partial charge in [-0.2, -0.15) is 0 Å². The van der Waals surface area contributed by atoms with Gasteiger partial charge in [0.1, 0.15) is 11.2 Å². The van der Waals surface area contributed by atoms with Crippen LogP contribution in [0.5, 0.6) is 0 Å². The largest absolute Gasteiger partial charge is 0.472 e. The molecule has 5 rings (SSSR count). The Balaban J connectivity index is 1.56. The highest BCUT2D eigenvalue weighted by molar-refractivity contribution is 6.07. The molecule has 6 nitrogen and oxygen atoms in total. The van der Waals surface area contributed by atoms with Crippen molar-refractivity contribution in [2.45, 2.75) is 25.6 Å². The first-order chi connectivity index (χ1) is 18.5. The van der Waals surface area contributed by atoms with Crippen LogP contribution < -0.4 is 0 Å². The predicted octanol–water partition coefficient (Wildman–Crippen LogP) is 4.56. The second kappa shape index (κ2) is 10.9. The van der Waals surface area contributed by atoms with Gasteiger partial charge in [0.2, 0.25) is 5.60 Å². The van der Waals surface area contributed by atoms with E-state index in [4.69, 9.17) is 9.47 Å². The van der Waals surface area contributed by atoms with Crippen LogP contribution in [0.25, 0.3) is 5.76 Å². The fourth-order valence-electron chi connectivity index (χ4n) is 5.83. The molecule has 0 amide bonds. The molecule has 3 aromatic carbocycles. The molecule has 0 spiro atoms. The lowest BCUT2D eigenvalue weighted by Crippen LogP contribution is -2.64. The van der Waals surface area contributed by atoms with Crippen molar-refractivity contribution in [2.24, 2.45) is 5.41 Å². The molecule has 2 atom stereocenters. The Labute approximate surface area is 224 Å². The zero-order valence-corrected chi connectivity index (χ0v) is 22.0. The summed E-state index contributed by atoms with van der Waals surface area (Å²) in [5, 5.41) is 0. The van der Waals surface area contributed by atoms with Crippen molar-refractivity contribution in [3.05, 3.63) is 114 Å². The molecular weight excluding hydrogens is 476 g/mol. The SMILES string of the molecule is CCOC(=O)C12CN(Cc3ccccc3)CC1(CN(C)Cc1ccccc1)C(=O)C=C(c1ccccc1)O2. The Morgan fingerprint density at radius 1 is 0.921 bits per heavy atom. The van der Waals surface area contributed by atoms with E-state index in [1.54, 1.807) is 13.0 Å². The maximum absolute atomic E-state index is 14.3. The highest BCUT2D eigenvalue weighted by Gasteiger charge is 2.70. The molecule has 2 aliphatic heterocycles. The third-order valence-corrected chi connectivity index (χ3v) is 7.48. The molecule has 2 unspecified atom stereocenters. The van der Waals surface area contributed by atoms with E-state index in [0.717, 1.165) is 16.7 Å². The molecule has 38 heavy (non-hydrogen) atoms. The minimum Gasteiger partial charge on any atom is -0.472 e. The van der Waals surface area contributed by atoms with Gasteiger partial charge in [0.15, 0.2) is 5.78 Å². The van der Waals surface area contributed by atoms with Gasteiger partial charge in [0.25, 0.3) is 0 Å². The van der Waals surface area contributed by atoms with E-state index < -0.39 is 17.0 Å². The van der Waals surface area contributed by atoms with Crippen molar-refractivity contribution in [2.75, 3.05) is 33.3 Å². The second-order valence-corrected chi connectivity index (χ2v) is 10.3. The molecule has 6 heteroatoms. The molecular formula is C32H34N2O4. The number of nitrogens with zero attached hydrogens (tertiary/aromatic N) is 2. The minimum absolute atomic E-state index is 0.105. The van der Waals surface area contributed by atoms with Crippen LogP contribution >= 0.6 is 0 Å². The third-order valence-electron chi connectivity index (χ3n) is 7.48. The fraction of sp³-hybridized carbons (Fsp3) is 0.312. The monoisotopic (exact) mass is 510 g/mol. The van der Waals surface area contributed by atoms with Crippen LogP contribution in [0, 0.1) is 5.41 Å². The molecule has 0 aliphatic carbocycles. The first kappa shape index (κ1) is 25.9. The van der Waals surface area contributed by atoms with Crippen molar-refractivity contribution in [1.82, 2.24) is 9.80 Å². The van der Waals surface area contributed by atoms with Crippen LogP contribution in [-0.2, 0) is 32.2 Å². The molecule has 1 fully saturated rings. The number of esters is 1. The summed E-state index contributed by atoms with van der Waals surface area (Å²) in [5.74, 6) is -0.184. The zero-order chi connectivity index (χ0) is 26.6. The summed E-state index contributed by atoms with van der Waals surface area (Å²) in [7, 11) is 1.99. The maximum atomic E-state index is 14.3.